The summed E-state index contributed by atoms with van der Waals surface area (Å²) < 4.78 is 7.72. The molecule has 0 amide bonds. The number of hydrogen-bond acceptors (Lipinski definition) is 5. The van der Waals surface area contributed by atoms with Gasteiger partial charge in [-0.1, -0.05) is 0 Å². The Kier molecular flexibility index (Phi) is 5.14. The van der Waals surface area contributed by atoms with Crippen molar-refractivity contribution in [2.75, 3.05) is 32.8 Å². The maximum atomic E-state index is 12.0. The van der Waals surface area contributed by atoms with Crippen molar-refractivity contribution in [3.63, 3.8) is 0 Å². The standard InChI is InChI=1S/C23H27N3O3S/c1-14-19(23(27)28)11-18-9-17(20-10-16-3-4-24-12-21(16)30-20)13-26(18)22(14)15(2)25-5-7-29-8-6-25/h9-11,13,15,24H,3-8,12H2,1-2H3,(H,27,28). The van der Waals surface area contributed by atoms with Crippen LogP contribution in [0.15, 0.2) is 24.4 Å². The van der Waals surface area contributed by atoms with E-state index in [1.54, 1.807) is 0 Å². The van der Waals surface area contributed by atoms with Crippen molar-refractivity contribution in [3.05, 3.63) is 51.7 Å². The van der Waals surface area contributed by atoms with Gasteiger partial charge in [-0.2, -0.15) is 0 Å². The van der Waals surface area contributed by atoms with Gasteiger partial charge in [-0.25, -0.2) is 4.79 Å². The van der Waals surface area contributed by atoms with Crippen molar-refractivity contribution < 1.29 is 14.6 Å². The van der Waals surface area contributed by atoms with Crippen LogP contribution in [0, 0.1) is 6.92 Å². The first-order chi connectivity index (χ1) is 14.5. The monoisotopic (exact) mass is 425 g/mol. The number of aromatic nitrogens is 1. The van der Waals surface area contributed by atoms with Crippen molar-refractivity contribution in [2.24, 2.45) is 0 Å². The van der Waals surface area contributed by atoms with Gasteiger partial charge in [0.25, 0.3) is 0 Å². The van der Waals surface area contributed by atoms with Gasteiger partial charge >= 0.3 is 5.97 Å². The van der Waals surface area contributed by atoms with Crippen LogP contribution in [0.3, 0.4) is 0 Å². The average molecular weight is 426 g/mol. The largest absolute Gasteiger partial charge is 0.478 e. The van der Waals surface area contributed by atoms with Gasteiger partial charge in [0.05, 0.1) is 18.8 Å². The summed E-state index contributed by atoms with van der Waals surface area (Å²) >= 11 is 1.84. The number of hydrogen-bond donors (Lipinski definition) is 2. The topological polar surface area (TPSA) is 66.2 Å². The van der Waals surface area contributed by atoms with Crippen LogP contribution >= 0.6 is 11.3 Å². The van der Waals surface area contributed by atoms with Gasteiger partial charge in [-0.05, 0) is 56.1 Å². The zero-order chi connectivity index (χ0) is 20.8. The molecule has 1 unspecified atom stereocenters. The summed E-state index contributed by atoms with van der Waals surface area (Å²) in [6, 6.07) is 6.36. The normalized spacial score (nSPS) is 18.5. The molecule has 0 saturated carbocycles. The lowest BCUT2D eigenvalue weighted by molar-refractivity contribution is 0.0187. The van der Waals surface area contributed by atoms with Gasteiger partial charge in [0.1, 0.15) is 0 Å². The molecule has 1 atom stereocenters. The van der Waals surface area contributed by atoms with E-state index in [0.717, 1.165) is 68.2 Å². The molecule has 7 heteroatoms. The Labute approximate surface area is 180 Å². The Hall–Kier alpha value is -2.19. The molecule has 30 heavy (non-hydrogen) atoms. The molecule has 0 spiro atoms. The Morgan fingerprint density at radius 3 is 2.80 bits per heavy atom. The fraction of sp³-hybridized carbons (Fsp3) is 0.435. The molecule has 5 heterocycles. The van der Waals surface area contributed by atoms with Crippen LogP contribution < -0.4 is 5.32 Å². The quantitative estimate of drug-likeness (QED) is 0.667. The average Bonchev–Trinajstić information content (AvgIpc) is 3.37. The third-order valence-electron chi connectivity index (χ3n) is 6.45. The van der Waals surface area contributed by atoms with Crippen LogP contribution in [0.1, 0.15) is 45.0 Å². The highest BCUT2D eigenvalue weighted by molar-refractivity contribution is 7.15. The summed E-state index contributed by atoms with van der Waals surface area (Å²) in [5, 5.41) is 13.3. The van der Waals surface area contributed by atoms with E-state index in [4.69, 9.17) is 4.74 Å². The molecule has 3 aromatic rings. The number of nitrogens with zero attached hydrogens (tertiary/aromatic N) is 2. The summed E-state index contributed by atoms with van der Waals surface area (Å²) in [7, 11) is 0. The molecule has 0 aliphatic carbocycles. The number of ether oxygens (including phenoxy) is 1. The number of aromatic carboxylic acids is 1. The first-order valence-electron chi connectivity index (χ1n) is 10.6. The Morgan fingerprint density at radius 1 is 1.27 bits per heavy atom. The molecule has 1 saturated heterocycles. The number of pyridine rings is 1. The minimum atomic E-state index is -0.870. The third kappa shape index (κ3) is 3.36. The predicted molar refractivity (Wildman–Crippen MR) is 119 cm³/mol. The van der Waals surface area contributed by atoms with Gasteiger partial charge in [-0.3, -0.25) is 4.90 Å². The molecule has 6 nitrogen and oxygen atoms in total. The molecule has 2 aliphatic heterocycles. The lowest BCUT2D eigenvalue weighted by Gasteiger charge is -2.33. The Morgan fingerprint density at radius 2 is 2.07 bits per heavy atom. The molecule has 3 aromatic heterocycles. The molecule has 2 N–H and O–H groups in total. The molecule has 5 rings (SSSR count). The summed E-state index contributed by atoms with van der Waals surface area (Å²) in [6.45, 7) is 9.24. The van der Waals surface area contributed by atoms with Crippen molar-refractivity contribution in [2.45, 2.75) is 32.9 Å². The molecule has 158 valence electrons. The van der Waals surface area contributed by atoms with Gasteiger partial charge in [0.15, 0.2) is 0 Å². The number of fused-ring (bicyclic) bond motifs is 2. The minimum Gasteiger partial charge on any atom is -0.478 e. The maximum absolute atomic E-state index is 12.0. The number of rotatable bonds is 4. The second kappa shape index (κ2) is 7.81. The van der Waals surface area contributed by atoms with Crippen molar-refractivity contribution in [1.82, 2.24) is 14.6 Å². The number of carbonyl (C=O) groups is 1. The number of morpholine rings is 1. The molecular formula is C23H27N3O3S. The number of carboxylic acid groups (broad SMARTS) is 1. The molecule has 2 aliphatic rings. The summed E-state index contributed by atoms with van der Waals surface area (Å²) in [5.74, 6) is -0.870. The fourth-order valence-electron chi connectivity index (χ4n) is 4.78. The van der Waals surface area contributed by atoms with E-state index in [0.29, 0.717) is 5.56 Å². The minimum absolute atomic E-state index is 0.108. The van der Waals surface area contributed by atoms with Crippen molar-refractivity contribution >= 4 is 22.8 Å². The molecule has 0 bridgehead atoms. The second-order valence-electron chi connectivity index (χ2n) is 8.21. The highest BCUT2D eigenvalue weighted by Gasteiger charge is 2.26. The predicted octanol–water partition coefficient (Wildman–Crippen LogP) is 3.71. The van der Waals surface area contributed by atoms with E-state index < -0.39 is 5.97 Å². The summed E-state index contributed by atoms with van der Waals surface area (Å²) in [5.41, 5.74) is 5.82. The van der Waals surface area contributed by atoms with Crippen LogP contribution in [-0.4, -0.2) is 53.2 Å². The SMILES string of the molecule is Cc1c(C(=O)O)cc2cc(-c3cc4c(s3)CNCC4)cn2c1C(C)N1CCOCC1. The van der Waals surface area contributed by atoms with E-state index in [9.17, 15) is 9.90 Å². The van der Waals surface area contributed by atoms with Gasteiger partial charge in [0.2, 0.25) is 0 Å². The molecule has 0 radical (unpaired) electrons. The van der Waals surface area contributed by atoms with Gasteiger partial charge < -0.3 is 19.6 Å². The van der Waals surface area contributed by atoms with Gasteiger partial charge in [-0.15, -0.1) is 11.3 Å². The number of carboxylic acids is 1. The highest BCUT2D eigenvalue weighted by atomic mass is 32.1. The van der Waals surface area contributed by atoms with E-state index in [1.165, 1.54) is 15.3 Å². The zero-order valence-electron chi connectivity index (χ0n) is 17.4. The zero-order valence-corrected chi connectivity index (χ0v) is 18.2. The van der Waals surface area contributed by atoms with Crippen LogP contribution in [0.5, 0.6) is 0 Å². The first kappa shape index (κ1) is 19.8. The third-order valence-corrected chi connectivity index (χ3v) is 7.67. The lowest BCUT2D eigenvalue weighted by Crippen LogP contribution is -2.39. The number of nitrogens with one attached hydrogen (secondary N) is 1. The molecule has 0 aromatic carbocycles. The smallest absolute Gasteiger partial charge is 0.336 e. The van der Waals surface area contributed by atoms with Crippen LogP contribution in [-0.2, 0) is 17.7 Å². The first-order valence-corrected chi connectivity index (χ1v) is 11.4. The van der Waals surface area contributed by atoms with E-state index in [1.807, 2.05) is 24.3 Å². The second-order valence-corrected chi connectivity index (χ2v) is 9.34. The fourth-order valence-corrected chi connectivity index (χ4v) is 5.94. The van der Waals surface area contributed by atoms with Crippen LogP contribution in [0.2, 0.25) is 0 Å². The summed E-state index contributed by atoms with van der Waals surface area (Å²) in [4.78, 5) is 17.0. The maximum Gasteiger partial charge on any atom is 0.336 e. The Balaban J connectivity index is 1.64. The van der Waals surface area contributed by atoms with Crippen molar-refractivity contribution in [3.8, 4) is 10.4 Å². The van der Waals surface area contributed by atoms with E-state index in [2.05, 4.69) is 39.9 Å². The molecule has 1 fully saturated rings. The van der Waals surface area contributed by atoms with Crippen LogP contribution in [0.25, 0.3) is 16.0 Å². The lowest BCUT2D eigenvalue weighted by atomic mass is 10.0. The van der Waals surface area contributed by atoms with Gasteiger partial charge in [0, 0.05) is 58.4 Å². The Bertz CT molecular complexity index is 1090. The van der Waals surface area contributed by atoms with E-state index in [-0.39, 0.29) is 6.04 Å². The summed E-state index contributed by atoms with van der Waals surface area (Å²) in [6.07, 6.45) is 3.26. The molecular weight excluding hydrogens is 398 g/mol. The van der Waals surface area contributed by atoms with Crippen LogP contribution in [0.4, 0.5) is 0 Å². The highest BCUT2D eigenvalue weighted by Crippen LogP contribution is 2.36. The van der Waals surface area contributed by atoms with E-state index >= 15 is 0 Å². The van der Waals surface area contributed by atoms with Crippen molar-refractivity contribution in [1.29, 1.82) is 0 Å². The number of thiophene rings is 1.